The Morgan fingerprint density at radius 3 is 2.68 bits per heavy atom. The molecule has 2 N–H and O–H groups in total. The van der Waals surface area contributed by atoms with Gasteiger partial charge < -0.3 is 25.0 Å². The Kier molecular flexibility index (Phi) is 5.73. The van der Waals surface area contributed by atoms with Gasteiger partial charge in [-0.2, -0.15) is 0 Å². The molecule has 3 heterocycles. The first kappa shape index (κ1) is 18.7. The molecule has 7 nitrogen and oxygen atoms in total. The van der Waals surface area contributed by atoms with E-state index in [1.54, 1.807) is 6.07 Å². The third-order valence-electron chi connectivity index (χ3n) is 5.35. The second kappa shape index (κ2) is 8.58. The predicted molar refractivity (Wildman–Crippen MR) is 109 cm³/mol. The van der Waals surface area contributed by atoms with E-state index in [-0.39, 0.29) is 18.6 Å². The molecule has 2 saturated heterocycles. The van der Waals surface area contributed by atoms with Crippen LogP contribution in [-0.2, 0) is 4.74 Å². The van der Waals surface area contributed by atoms with E-state index in [2.05, 4.69) is 20.1 Å². The second-order valence-corrected chi connectivity index (χ2v) is 7.15. The monoisotopic (exact) mass is 382 g/mol. The van der Waals surface area contributed by atoms with Gasteiger partial charge in [-0.25, -0.2) is 4.98 Å². The number of carbonyl (C=O) groups excluding carboxylic acids is 1. The molecule has 7 heteroatoms. The van der Waals surface area contributed by atoms with Crippen molar-refractivity contribution < 1.29 is 14.6 Å². The molecule has 2 aromatic rings. The number of carbonyl (C=O) groups is 1. The van der Waals surface area contributed by atoms with E-state index in [0.29, 0.717) is 5.69 Å². The first-order valence-corrected chi connectivity index (χ1v) is 9.83. The lowest BCUT2D eigenvalue weighted by Gasteiger charge is -2.28. The third-order valence-corrected chi connectivity index (χ3v) is 5.35. The van der Waals surface area contributed by atoms with E-state index in [9.17, 15) is 9.90 Å². The van der Waals surface area contributed by atoms with Crippen LogP contribution in [0.25, 0.3) is 0 Å². The molecule has 2 fully saturated rings. The number of morpholine rings is 1. The van der Waals surface area contributed by atoms with Crippen LogP contribution < -0.4 is 15.1 Å². The van der Waals surface area contributed by atoms with E-state index < -0.39 is 0 Å². The lowest BCUT2D eigenvalue weighted by molar-refractivity contribution is 0.102. The topological polar surface area (TPSA) is 77.9 Å². The zero-order chi connectivity index (χ0) is 19.3. The smallest absolute Gasteiger partial charge is 0.274 e. The van der Waals surface area contributed by atoms with Crippen molar-refractivity contribution in [3.8, 4) is 0 Å². The first-order chi connectivity index (χ1) is 13.7. The normalized spacial score (nSPS) is 19.7. The number of ether oxygens (including phenoxy) is 1. The highest BCUT2D eigenvalue weighted by molar-refractivity contribution is 6.03. The Hall–Kier alpha value is -2.64. The van der Waals surface area contributed by atoms with Crippen LogP contribution in [-0.4, -0.2) is 61.5 Å². The fraction of sp³-hybridized carbons (Fsp3) is 0.429. The van der Waals surface area contributed by atoms with E-state index in [0.717, 1.165) is 62.9 Å². The van der Waals surface area contributed by atoms with Crippen LogP contribution in [0.3, 0.4) is 0 Å². The van der Waals surface area contributed by atoms with Crippen molar-refractivity contribution in [2.24, 2.45) is 0 Å². The number of rotatable bonds is 5. The van der Waals surface area contributed by atoms with Gasteiger partial charge in [-0.3, -0.25) is 4.79 Å². The van der Waals surface area contributed by atoms with Gasteiger partial charge in [0.1, 0.15) is 11.5 Å². The summed E-state index contributed by atoms with van der Waals surface area (Å²) >= 11 is 0. The zero-order valence-corrected chi connectivity index (χ0v) is 15.9. The number of aromatic nitrogens is 1. The van der Waals surface area contributed by atoms with Gasteiger partial charge in [0.2, 0.25) is 0 Å². The van der Waals surface area contributed by atoms with Gasteiger partial charge in [-0.05, 0) is 49.2 Å². The molecule has 0 bridgehead atoms. The number of nitrogens with one attached hydrogen (secondary N) is 1. The van der Waals surface area contributed by atoms with Gasteiger partial charge in [-0.15, -0.1) is 0 Å². The molecule has 2 aliphatic rings. The molecule has 4 rings (SSSR count). The molecule has 0 saturated carbocycles. The number of benzene rings is 1. The lowest BCUT2D eigenvalue weighted by Crippen LogP contribution is -2.36. The van der Waals surface area contributed by atoms with Crippen molar-refractivity contribution in [1.82, 2.24) is 4.98 Å². The van der Waals surface area contributed by atoms with Crippen molar-refractivity contribution in [2.45, 2.75) is 18.9 Å². The number of hydrogen-bond acceptors (Lipinski definition) is 6. The number of hydrogen-bond donors (Lipinski definition) is 2. The van der Waals surface area contributed by atoms with Crippen molar-refractivity contribution in [1.29, 1.82) is 0 Å². The highest BCUT2D eigenvalue weighted by Crippen LogP contribution is 2.24. The number of aliphatic hydroxyl groups is 1. The molecule has 0 aliphatic carbocycles. The van der Waals surface area contributed by atoms with Crippen LogP contribution in [0.2, 0.25) is 0 Å². The van der Waals surface area contributed by atoms with Crippen molar-refractivity contribution in [2.75, 3.05) is 54.6 Å². The molecule has 1 unspecified atom stereocenters. The largest absolute Gasteiger partial charge is 0.394 e. The highest BCUT2D eigenvalue weighted by atomic mass is 16.5. The number of pyridine rings is 1. The molecule has 148 valence electrons. The molecule has 1 amide bonds. The Balaban J connectivity index is 1.43. The first-order valence-electron chi connectivity index (χ1n) is 9.83. The summed E-state index contributed by atoms with van der Waals surface area (Å²) in [6, 6.07) is 13.4. The van der Waals surface area contributed by atoms with Crippen molar-refractivity contribution in [3.63, 3.8) is 0 Å². The van der Waals surface area contributed by atoms with Crippen LogP contribution in [0.1, 0.15) is 23.3 Å². The Labute approximate surface area is 164 Å². The fourth-order valence-electron chi connectivity index (χ4n) is 3.81. The molecule has 1 aromatic carbocycles. The predicted octanol–water partition coefficient (Wildman–Crippen LogP) is 2.13. The zero-order valence-electron chi connectivity index (χ0n) is 15.9. The molecular weight excluding hydrogens is 356 g/mol. The van der Waals surface area contributed by atoms with Crippen LogP contribution in [0.15, 0.2) is 42.5 Å². The van der Waals surface area contributed by atoms with Crippen molar-refractivity contribution in [3.05, 3.63) is 48.2 Å². The standard InChI is InChI=1S/C21H26N4O3/c26-15-18-3-2-10-25(18)20-5-1-4-19(23-20)21(27)22-16-6-8-17(9-7-16)24-11-13-28-14-12-24/h1,4-9,18,26H,2-3,10-15H2,(H,22,27). The Morgan fingerprint density at radius 2 is 1.93 bits per heavy atom. The summed E-state index contributed by atoms with van der Waals surface area (Å²) in [5.41, 5.74) is 2.24. The van der Waals surface area contributed by atoms with Gasteiger partial charge in [0.15, 0.2) is 0 Å². The number of amides is 1. The minimum atomic E-state index is -0.235. The van der Waals surface area contributed by atoms with Crippen LogP contribution in [0, 0.1) is 0 Å². The van der Waals surface area contributed by atoms with E-state index in [1.807, 2.05) is 36.4 Å². The molecule has 1 atom stereocenters. The van der Waals surface area contributed by atoms with E-state index >= 15 is 0 Å². The van der Waals surface area contributed by atoms with Gasteiger partial charge in [0.25, 0.3) is 5.91 Å². The maximum absolute atomic E-state index is 12.7. The fourth-order valence-corrected chi connectivity index (χ4v) is 3.81. The minimum absolute atomic E-state index is 0.0820. The molecule has 2 aliphatic heterocycles. The molecule has 0 spiro atoms. The lowest BCUT2D eigenvalue weighted by atomic mass is 10.2. The molecule has 1 aromatic heterocycles. The molecule has 28 heavy (non-hydrogen) atoms. The van der Waals surface area contributed by atoms with Gasteiger partial charge >= 0.3 is 0 Å². The maximum Gasteiger partial charge on any atom is 0.274 e. The third kappa shape index (κ3) is 4.10. The number of anilines is 3. The Bertz CT molecular complexity index is 806. The summed E-state index contributed by atoms with van der Waals surface area (Å²) in [5, 5.41) is 12.4. The average molecular weight is 382 g/mol. The van der Waals surface area contributed by atoms with Crippen LogP contribution in [0.5, 0.6) is 0 Å². The second-order valence-electron chi connectivity index (χ2n) is 7.15. The van der Waals surface area contributed by atoms with Crippen molar-refractivity contribution >= 4 is 23.1 Å². The van der Waals surface area contributed by atoms with Gasteiger partial charge in [0.05, 0.1) is 25.9 Å². The summed E-state index contributed by atoms with van der Waals surface area (Å²) in [5.74, 6) is 0.507. The van der Waals surface area contributed by atoms with Crippen LogP contribution in [0.4, 0.5) is 17.2 Å². The quantitative estimate of drug-likeness (QED) is 0.825. The van der Waals surface area contributed by atoms with Gasteiger partial charge in [-0.1, -0.05) is 6.07 Å². The minimum Gasteiger partial charge on any atom is -0.394 e. The highest BCUT2D eigenvalue weighted by Gasteiger charge is 2.25. The summed E-state index contributed by atoms with van der Waals surface area (Å²) < 4.78 is 5.38. The van der Waals surface area contributed by atoms with E-state index in [1.165, 1.54) is 0 Å². The Morgan fingerprint density at radius 1 is 1.14 bits per heavy atom. The summed E-state index contributed by atoms with van der Waals surface area (Å²) in [7, 11) is 0. The average Bonchev–Trinajstić information content (AvgIpc) is 3.24. The van der Waals surface area contributed by atoms with Gasteiger partial charge in [0, 0.05) is 31.0 Å². The summed E-state index contributed by atoms with van der Waals surface area (Å²) in [4.78, 5) is 21.5. The maximum atomic E-state index is 12.7. The summed E-state index contributed by atoms with van der Waals surface area (Å²) in [6.07, 6.45) is 1.98. The molecule has 0 radical (unpaired) electrons. The number of aliphatic hydroxyl groups excluding tert-OH is 1. The number of nitrogens with zero attached hydrogens (tertiary/aromatic N) is 3. The van der Waals surface area contributed by atoms with E-state index in [4.69, 9.17) is 4.74 Å². The SMILES string of the molecule is O=C(Nc1ccc(N2CCOCC2)cc1)c1cccc(N2CCCC2CO)n1. The molecular formula is C21H26N4O3. The summed E-state index contributed by atoms with van der Waals surface area (Å²) in [6.45, 7) is 4.21. The van der Waals surface area contributed by atoms with Crippen LogP contribution >= 0.6 is 0 Å².